The summed E-state index contributed by atoms with van der Waals surface area (Å²) in [5.41, 5.74) is 1.89. The lowest BCUT2D eigenvalue weighted by Gasteiger charge is -2.15. The molecule has 0 aliphatic rings. The summed E-state index contributed by atoms with van der Waals surface area (Å²) < 4.78 is 6.64. The lowest BCUT2D eigenvalue weighted by molar-refractivity contribution is -0.124. The van der Waals surface area contributed by atoms with E-state index >= 15 is 0 Å². The van der Waals surface area contributed by atoms with Gasteiger partial charge in [-0.3, -0.25) is 4.79 Å². The molecule has 3 rings (SSSR count). The van der Waals surface area contributed by atoms with Crippen molar-refractivity contribution in [3.63, 3.8) is 0 Å². The quantitative estimate of drug-likeness (QED) is 0.660. The Morgan fingerprint density at radius 1 is 1.19 bits per heavy atom. The predicted octanol–water partition coefficient (Wildman–Crippen LogP) is 2.95. The molecule has 138 valence electrons. The molecule has 8 heteroatoms. The van der Waals surface area contributed by atoms with E-state index in [9.17, 15) is 9.59 Å². The van der Waals surface area contributed by atoms with Crippen molar-refractivity contribution >= 4 is 23.5 Å². The van der Waals surface area contributed by atoms with Crippen LogP contribution in [0.25, 0.3) is 5.69 Å². The van der Waals surface area contributed by atoms with E-state index in [1.807, 2.05) is 25.1 Å². The molecule has 1 aromatic heterocycles. The highest BCUT2D eigenvalue weighted by molar-refractivity contribution is 6.31. The number of amides is 1. The third-order valence-corrected chi connectivity index (χ3v) is 4.21. The number of hydrogen-bond acceptors (Lipinski definition) is 5. The van der Waals surface area contributed by atoms with Gasteiger partial charge < -0.3 is 10.1 Å². The molecule has 0 saturated carbocycles. The minimum atomic E-state index is -0.583. The minimum Gasteiger partial charge on any atom is -0.452 e. The molecule has 1 amide bonds. The predicted molar refractivity (Wildman–Crippen MR) is 99.7 cm³/mol. The number of carbonyl (C=O) groups is 2. The number of hydrogen-bond donors (Lipinski definition) is 1. The first-order chi connectivity index (χ1) is 13.0. The average Bonchev–Trinajstić information content (AvgIpc) is 3.21. The van der Waals surface area contributed by atoms with Crippen LogP contribution in [0.5, 0.6) is 0 Å². The molecule has 0 spiro atoms. The van der Waals surface area contributed by atoms with Gasteiger partial charge in [-0.1, -0.05) is 29.8 Å². The highest BCUT2D eigenvalue weighted by Gasteiger charge is 2.15. The van der Waals surface area contributed by atoms with Crippen molar-refractivity contribution < 1.29 is 14.3 Å². The number of nitrogens with zero attached hydrogens (tertiary/aromatic N) is 3. The van der Waals surface area contributed by atoms with Crippen molar-refractivity contribution in [1.29, 1.82) is 0 Å². The Kier molecular flexibility index (Phi) is 5.83. The van der Waals surface area contributed by atoms with Crippen LogP contribution in [0.4, 0.5) is 0 Å². The zero-order valence-electron chi connectivity index (χ0n) is 14.5. The monoisotopic (exact) mass is 384 g/mol. The SMILES string of the molecule is C[C@@H](NC(=O)COC(=O)c1ccc(-n2cncn2)cc1)c1ccccc1Cl. The molecule has 0 saturated heterocycles. The maximum absolute atomic E-state index is 12.1. The van der Waals surface area contributed by atoms with Gasteiger partial charge in [0.15, 0.2) is 6.61 Å². The van der Waals surface area contributed by atoms with Gasteiger partial charge >= 0.3 is 5.97 Å². The van der Waals surface area contributed by atoms with Crippen LogP contribution in [-0.4, -0.2) is 33.2 Å². The van der Waals surface area contributed by atoms with Crippen molar-refractivity contribution in [2.24, 2.45) is 0 Å². The average molecular weight is 385 g/mol. The lowest BCUT2D eigenvalue weighted by Crippen LogP contribution is -2.31. The van der Waals surface area contributed by atoms with Crippen LogP contribution in [-0.2, 0) is 9.53 Å². The maximum Gasteiger partial charge on any atom is 0.338 e. The van der Waals surface area contributed by atoms with Crippen LogP contribution in [0.1, 0.15) is 28.9 Å². The van der Waals surface area contributed by atoms with E-state index in [-0.39, 0.29) is 12.6 Å². The Hall–Kier alpha value is -3.19. The van der Waals surface area contributed by atoms with Gasteiger partial charge in [0, 0.05) is 5.02 Å². The first-order valence-corrected chi connectivity index (χ1v) is 8.58. The van der Waals surface area contributed by atoms with E-state index in [0.717, 1.165) is 11.3 Å². The van der Waals surface area contributed by atoms with Crippen LogP contribution in [0.15, 0.2) is 61.2 Å². The molecule has 1 atom stereocenters. The van der Waals surface area contributed by atoms with Gasteiger partial charge in [0.05, 0.1) is 17.3 Å². The summed E-state index contributed by atoms with van der Waals surface area (Å²) in [4.78, 5) is 28.0. The third-order valence-electron chi connectivity index (χ3n) is 3.87. The highest BCUT2D eigenvalue weighted by atomic mass is 35.5. The molecule has 27 heavy (non-hydrogen) atoms. The fourth-order valence-electron chi connectivity index (χ4n) is 2.49. The molecule has 0 unspecified atom stereocenters. The van der Waals surface area contributed by atoms with Crippen LogP contribution in [0, 0.1) is 0 Å². The van der Waals surface area contributed by atoms with Crippen LogP contribution < -0.4 is 5.32 Å². The molecule has 2 aromatic carbocycles. The smallest absolute Gasteiger partial charge is 0.338 e. The molecule has 3 aromatic rings. The Morgan fingerprint density at radius 2 is 1.93 bits per heavy atom. The van der Waals surface area contributed by atoms with Gasteiger partial charge in [0.2, 0.25) is 0 Å². The first kappa shape index (κ1) is 18.6. The van der Waals surface area contributed by atoms with Gasteiger partial charge in [0.1, 0.15) is 12.7 Å². The minimum absolute atomic E-state index is 0.299. The van der Waals surface area contributed by atoms with Gasteiger partial charge in [-0.15, -0.1) is 0 Å². The molecule has 1 N–H and O–H groups in total. The second-order valence-corrected chi connectivity index (χ2v) is 6.18. The van der Waals surface area contributed by atoms with Crippen molar-refractivity contribution in [3.05, 3.63) is 77.3 Å². The summed E-state index contributed by atoms with van der Waals surface area (Å²) in [6, 6.07) is 13.6. The molecule has 0 aliphatic carbocycles. The molecular weight excluding hydrogens is 368 g/mol. The summed E-state index contributed by atoms with van der Waals surface area (Å²) in [6.45, 7) is 1.43. The number of nitrogens with one attached hydrogen (secondary N) is 1. The molecular formula is C19H17ClN4O3. The summed E-state index contributed by atoms with van der Waals surface area (Å²) in [5.74, 6) is -0.990. The number of esters is 1. The fourth-order valence-corrected chi connectivity index (χ4v) is 2.79. The summed E-state index contributed by atoms with van der Waals surface area (Å²) in [6.07, 6.45) is 2.97. The van der Waals surface area contributed by atoms with Crippen LogP contribution in [0.2, 0.25) is 5.02 Å². The number of carbonyl (C=O) groups excluding carboxylic acids is 2. The molecule has 0 bridgehead atoms. The van der Waals surface area contributed by atoms with Crippen molar-refractivity contribution in [3.8, 4) is 5.69 Å². The Balaban J connectivity index is 1.52. The van der Waals surface area contributed by atoms with Gasteiger partial charge in [-0.05, 0) is 42.8 Å². The number of benzene rings is 2. The Labute approximate surface area is 160 Å². The zero-order valence-corrected chi connectivity index (χ0v) is 15.3. The molecule has 7 nitrogen and oxygen atoms in total. The van der Waals surface area contributed by atoms with E-state index in [1.54, 1.807) is 41.3 Å². The van der Waals surface area contributed by atoms with E-state index in [1.165, 1.54) is 6.33 Å². The highest BCUT2D eigenvalue weighted by Crippen LogP contribution is 2.21. The normalized spacial score (nSPS) is 11.6. The molecule has 0 fully saturated rings. The summed E-state index contributed by atoms with van der Waals surface area (Å²) in [5, 5.41) is 7.32. The van der Waals surface area contributed by atoms with E-state index in [0.29, 0.717) is 10.6 Å². The third kappa shape index (κ3) is 4.71. The van der Waals surface area contributed by atoms with Crippen molar-refractivity contribution in [1.82, 2.24) is 20.1 Å². The largest absolute Gasteiger partial charge is 0.452 e. The lowest BCUT2D eigenvalue weighted by atomic mass is 10.1. The first-order valence-electron chi connectivity index (χ1n) is 8.20. The Morgan fingerprint density at radius 3 is 2.59 bits per heavy atom. The molecule has 0 aliphatic heterocycles. The number of rotatable bonds is 6. The van der Waals surface area contributed by atoms with Crippen LogP contribution >= 0.6 is 11.6 Å². The topological polar surface area (TPSA) is 86.1 Å². The van der Waals surface area contributed by atoms with E-state index in [4.69, 9.17) is 16.3 Å². The standard InChI is InChI=1S/C19H17ClN4O3/c1-13(16-4-2-3-5-17(16)20)23-18(25)10-27-19(26)14-6-8-15(9-7-14)24-12-21-11-22-24/h2-9,11-13H,10H2,1H3,(H,23,25)/t13-/m1/s1. The van der Waals surface area contributed by atoms with Crippen molar-refractivity contribution in [2.75, 3.05) is 6.61 Å². The number of ether oxygens (including phenoxy) is 1. The Bertz CT molecular complexity index is 926. The summed E-state index contributed by atoms with van der Waals surface area (Å²) >= 11 is 6.11. The van der Waals surface area contributed by atoms with E-state index < -0.39 is 11.9 Å². The molecule has 0 radical (unpaired) electrons. The zero-order chi connectivity index (χ0) is 19.2. The summed E-state index contributed by atoms with van der Waals surface area (Å²) in [7, 11) is 0. The van der Waals surface area contributed by atoms with Gasteiger partial charge in [0.25, 0.3) is 5.91 Å². The molecule has 1 heterocycles. The van der Waals surface area contributed by atoms with E-state index in [2.05, 4.69) is 15.4 Å². The van der Waals surface area contributed by atoms with Gasteiger partial charge in [-0.2, -0.15) is 5.10 Å². The van der Waals surface area contributed by atoms with Gasteiger partial charge in [-0.25, -0.2) is 14.5 Å². The second-order valence-electron chi connectivity index (χ2n) is 5.77. The maximum atomic E-state index is 12.1. The fraction of sp³-hybridized carbons (Fsp3) is 0.158. The number of halogens is 1. The second kappa shape index (κ2) is 8.46. The number of aromatic nitrogens is 3. The van der Waals surface area contributed by atoms with Crippen molar-refractivity contribution in [2.45, 2.75) is 13.0 Å². The van der Waals surface area contributed by atoms with Crippen LogP contribution in [0.3, 0.4) is 0 Å².